The number of hydrogen-bond acceptors (Lipinski definition) is 2. The lowest BCUT2D eigenvalue weighted by molar-refractivity contribution is 0.127. The molecule has 2 saturated heterocycles. The molecule has 2 atom stereocenters. The summed E-state index contributed by atoms with van der Waals surface area (Å²) in [4.78, 5) is 2.71. The summed E-state index contributed by atoms with van der Waals surface area (Å²) < 4.78 is 0. The van der Waals surface area contributed by atoms with Crippen LogP contribution in [0.4, 0.5) is 0 Å². The summed E-state index contributed by atoms with van der Waals surface area (Å²) in [6.45, 7) is 7.58. The highest BCUT2D eigenvalue weighted by Gasteiger charge is 2.22. The van der Waals surface area contributed by atoms with Crippen molar-refractivity contribution in [1.82, 2.24) is 10.2 Å². The maximum Gasteiger partial charge on any atom is 0.00670 e. The summed E-state index contributed by atoms with van der Waals surface area (Å²) in [5.41, 5.74) is 0. The molecular formula is C12H26Cl2N2. The molecule has 0 spiro atoms. The van der Waals surface area contributed by atoms with Crippen molar-refractivity contribution in [3.8, 4) is 0 Å². The van der Waals surface area contributed by atoms with Gasteiger partial charge in [0.25, 0.3) is 0 Å². The Morgan fingerprint density at radius 1 is 1.12 bits per heavy atom. The highest BCUT2D eigenvalue weighted by molar-refractivity contribution is 5.85. The van der Waals surface area contributed by atoms with Crippen molar-refractivity contribution in [1.29, 1.82) is 0 Å². The van der Waals surface area contributed by atoms with Crippen molar-refractivity contribution in [2.75, 3.05) is 26.2 Å². The zero-order valence-electron chi connectivity index (χ0n) is 10.3. The zero-order valence-corrected chi connectivity index (χ0v) is 11.9. The molecule has 0 aromatic rings. The Kier molecular flexibility index (Phi) is 8.84. The van der Waals surface area contributed by atoms with Crippen molar-refractivity contribution >= 4 is 24.8 Å². The number of rotatable bonds is 2. The Morgan fingerprint density at radius 3 is 2.56 bits per heavy atom. The second-order valence-electron chi connectivity index (χ2n) is 5.05. The lowest BCUT2D eigenvalue weighted by Gasteiger charge is -2.37. The van der Waals surface area contributed by atoms with Crippen LogP contribution in [-0.2, 0) is 0 Å². The first-order valence-corrected chi connectivity index (χ1v) is 6.31. The molecule has 2 unspecified atom stereocenters. The first-order chi connectivity index (χ1) is 6.86. The third-order valence-corrected chi connectivity index (χ3v) is 3.83. The summed E-state index contributed by atoms with van der Waals surface area (Å²) in [7, 11) is 0. The van der Waals surface area contributed by atoms with Gasteiger partial charge in [0, 0.05) is 12.6 Å². The molecule has 16 heavy (non-hydrogen) atoms. The molecule has 98 valence electrons. The number of nitrogens with zero attached hydrogens (tertiary/aromatic N) is 1. The van der Waals surface area contributed by atoms with Crippen LogP contribution in [0.1, 0.15) is 39.0 Å². The second kappa shape index (κ2) is 8.57. The van der Waals surface area contributed by atoms with Crippen LogP contribution in [0.5, 0.6) is 0 Å². The van der Waals surface area contributed by atoms with E-state index in [1.54, 1.807) is 0 Å². The number of likely N-dealkylation sites (tertiary alicyclic amines) is 1. The number of hydrogen-bond donors (Lipinski definition) is 1. The summed E-state index contributed by atoms with van der Waals surface area (Å²) in [5.74, 6) is 0.921. The standard InChI is InChI=1S/C12H24N2.2ClH/c1-11-5-2-3-8-14(11)10-12-6-4-7-13-9-12;;/h11-13H,2-10H2,1H3;2*1H. The molecule has 0 radical (unpaired) electrons. The van der Waals surface area contributed by atoms with Gasteiger partial charge in [-0.25, -0.2) is 0 Å². The van der Waals surface area contributed by atoms with Gasteiger partial charge in [0.1, 0.15) is 0 Å². The third-order valence-electron chi connectivity index (χ3n) is 3.83. The van der Waals surface area contributed by atoms with Gasteiger partial charge in [-0.05, 0) is 58.2 Å². The van der Waals surface area contributed by atoms with Gasteiger partial charge >= 0.3 is 0 Å². The zero-order chi connectivity index (χ0) is 9.80. The quantitative estimate of drug-likeness (QED) is 0.829. The average Bonchev–Trinajstić information content (AvgIpc) is 2.23. The molecular weight excluding hydrogens is 243 g/mol. The van der Waals surface area contributed by atoms with E-state index >= 15 is 0 Å². The number of halogens is 2. The fourth-order valence-corrected chi connectivity index (χ4v) is 2.84. The fourth-order valence-electron chi connectivity index (χ4n) is 2.84. The van der Waals surface area contributed by atoms with E-state index in [1.807, 2.05) is 0 Å². The van der Waals surface area contributed by atoms with Crippen LogP contribution in [0.25, 0.3) is 0 Å². The minimum atomic E-state index is 0. The van der Waals surface area contributed by atoms with E-state index in [2.05, 4.69) is 17.1 Å². The summed E-state index contributed by atoms with van der Waals surface area (Å²) in [6.07, 6.45) is 7.11. The Bertz CT molecular complexity index is 172. The molecule has 0 aliphatic carbocycles. The molecule has 1 N–H and O–H groups in total. The van der Waals surface area contributed by atoms with Crippen LogP contribution >= 0.6 is 24.8 Å². The third kappa shape index (κ3) is 4.79. The molecule has 2 aliphatic rings. The van der Waals surface area contributed by atoms with Crippen LogP contribution < -0.4 is 5.32 Å². The van der Waals surface area contributed by atoms with Crippen LogP contribution in [-0.4, -0.2) is 37.1 Å². The van der Waals surface area contributed by atoms with Gasteiger partial charge < -0.3 is 10.2 Å². The predicted molar refractivity (Wildman–Crippen MR) is 75.0 cm³/mol. The smallest absolute Gasteiger partial charge is 0.00670 e. The van der Waals surface area contributed by atoms with Gasteiger partial charge in [0.15, 0.2) is 0 Å². The molecule has 0 saturated carbocycles. The van der Waals surface area contributed by atoms with Gasteiger partial charge in [-0.15, -0.1) is 24.8 Å². The second-order valence-corrected chi connectivity index (χ2v) is 5.05. The van der Waals surface area contributed by atoms with Gasteiger partial charge in [-0.3, -0.25) is 0 Å². The Labute approximate surface area is 112 Å². The molecule has 0 aromatic heterocycles. The van der Waals surface area contributed by atoms with Gasteiger partial charge in [-0.1, -0.05) is 6.42 Å². The minimum absolute atomic E-state index is 0. The monoisotopic (exact) mass is 268 g/mol. The van der Waals surface area contributed by atoms with Crippen molar-refractivity contribution in [2.45, 2.75) is 45.1 Å². The first-order valence-electron chi connectivity index (χ1n) is 6.31. The van der Waals surface area contributed by atoms with Crippen molar-refractivity contribution in [2.24, 2.45) is 5.92 Å². The van der Waals surface area contributed by atoms with E-state index in [0.717, 1.165) is 12.0 Å². The Hall–Kier alpha value is 0.500. The largest absolute Gasteiger partial charge is 0.316 e. The van der Waals surface area contributed by atoms with Crippen LogP contribution in [0.15, 0.2) is 0 Å². The highest BCUT2D eigenvalue weighted by atomic mass is 35.5. The molecule has 0 amide bonds. The molecule has 2 rings (SSSR count). The molecule has 2 aliphatic heterocycles. The molecule has 4 heteroatoms. The Morgan fingerprint density at radius 2 is 1.94 bits per heavy atom. The summed E-state index contributed by atoms with van der Waals surface area (Å²) in [5, 5.41) is 3.51. The van der Waals surface area contributed by atoms with Crippen molar-refractivity contribution < 1.29 is 0 Å². The molecule has 0 bridgehead atoms. The van der Waals surface area contributed by atoms with E-state index in [4.69, 9.17) is 0 Å². The van der Waals surface area contributed by atoms with Crippen molar-refractivity contribution in [3.05, 3.63) is 0 Å². The van der Waals surface area contributed by atoms with Crippen LogP contribution in [0.3, 0.4) is 0 Å². The Balaban J connectivity index is 0.00000112. The van der Waals surface area contributed by atoms with Crippen LogP contribution in [0, 0.1) is 5.92 Å². The molecule has 0 aromatic carbocycles. The topological polar surface area (TPSA) is 15.3 Å². The minimum Gasteiger partial charge on any atom is -0.316 e. The summed E-state index contributed by atoms with van der Waals surface area (Å²) in [6, 6.07) is 0.839. The SMILES string of the molecule is CC1CCCCN1CC1CCCNC1.Cl.Cl. The maximum absolute atomic E-state index is 3.51. The predicted octanol–water partition coefficient (Wildman–Crippen LogP) is 2.70. The van der Waals surface area contributed by atoms with Gasteiger partial charge in [0.2, 0.25) is 0 Å². The lowest BCUT2D eigenvalue weighted by atomic mass is 9.96. The van der Waals surface area contributed by atoms with E-state index in [1.165, 1.54) is 58.3 Å². The summed E-state index contributed by atoms with van der Waals surface area (Å²) >= 11 is 0. The number of piperidine rings is 2. The lowest BCUT2D eigenvalue weighted by Crippen LogP contribution is -2.44. The van der Waals surface area contributed by atoms with E-state index in [0.29, 0.717) is 0 Å². The highest BCUT2D eigenvalue weighted by Crippen LogP contribution is 2.20. The maximum atomic E-state index is 3.51. The van der Waals surface area contributed by atoms with E-state index in [-0.39, 0.29) is 24.8 Å². The average molecular weight is 269 g/mol. The van der Waals surface area contributed by atoms with Gasteiger partial charge in [0.05, 0.1) is 0 Å². The molecule has 2 nitrogen and oxygen atoms in total. The molecule has 2 fully saturated rings. The fraction of sp³-hybridized carbons (Fsp3) is 1.00. The van der Waals surface area contributed by atoms with E-state index < -0.39 is 0 Å². The number of nitrogens with one attached hydrogen (secondary N) is 1. The van der Waals surface area contributed by atoms with Crippen molar-refractivity contribution in [3.63, 3.8) is 0 Å². The van der Waals surface area contributed by atoms with Gasteiger partial charge in [-0.2, -0.15) is 0 Å². The normalized spacial score (nSPS) is 31.3. The van der Waals surface area contributed by atoms with Crippen LogP contribution in [0.2, 0.25) is 0 Å². The first kappa shape index (κ1) is 16.5. The van der Waals surface area contributed by atoms with E-state index in [9.17, 15) is 0 Å². The molecule has 2 heterocycles.